The number of carbonyl (C=O) groups excluding carboxylic acids is 1. The third kappa shape index (κ3) is 4.99. The van der Waals surface area contributed by atoms with Crippen LogP contribution < -0.4 is 13.9 Å². The van der Waals surface area contributed by atoms with Crippen molar-refractivity contribution in [1.29, 1.82) is 0 Å². The van der Waals surface area contributed by atoms with Gasteiger partial charge in [0.15, 0.2) is 0 Å². The number of hydrogen-bond donors (Lipinski definition) is 0. The fourth-order valence-corrected chi connectivity index (χ4v) is 4.46. The highest BCUT2D eigenvalue weighted by Gasteiger charge is 2.27. The van der Waals surface area contributed by atoms with Crippen LogP contribution in [0.15, 0.2) is 42.5 Å². The highest BCUT2D eigenvalue weighted by atomic mass is 35.5. The SMILES string of the molecule is COc1ccccc1N1CCN(C(=O)CN(c2ccc(C)c(Cl)c2)S(C)(=O)=O)CC1. The normalized spacial score (nSPS) is 14.5. The van der Waals surface area contributed by atoms with Gasteiger partial charge in [-0.3, -0.25) is 9.10 Å². The highest BCUT2D eigenvalue weighted by molar-refractivity contribution is 7.92. The molecule has 2 aromatic rings. The highest BCUT2D eigenvalue weighted by Crippen LogP contribution is 2.29. The molecule has 3 rings (SSSR count). The van der Waals surface area contributed by atoms with E-state index < -0.39 is 10.0 Å². The van der Waals surface area contributed by atoms with Gasteiger partial charge in [-0.25, -0.2) is 8.42 Å². The molecule has 1 saturated heterocycles. The molecule has 9 heteroatoms. The van der Waals surface area contributed by atoms with Gasteiger partial charge in [-0.05, 0) is 36.8 Å². The summed E-state index contributed by atoms with van der Waals surface area (Å²) in [4.78, 5) is 16.7. The minimum absolute atomic E-state index is 0.239. The number of amides is 1. The lowest BCUT2D eigenvalue weighted by molar-refractivity contribution is -0.129. The Hall–Kier alpha value is -2.45. The minimum atomic E-state index is -3.64. The Balaban J connectivity index is 1.69. The minimum Gasteiger partial charge on any atom is -0.495 e. The van der Waals surface area contributed by atoms with E-state index in [0.29, 0.717) is 36.9 Å². The first-order chi connectivity index (χ1) is 14.2. The van der Waals surface area contributed by atoms with Crippen molar-refractivity contribution in [2.24, 2.45) is 0 Å². The molecule has 0 aromatic heterocycles. The quantitative estimate of drug-likeness (QED) is 0.675. The average Bonchev–Trinajstić information content (AvgIpc) is 2.73. The summed E-state index contributed by atoms with van der Waals surface area (Å²) >= 11 is 6.16. The largest absolute Gasteiger partial charge is 0.495 e. The van der Waals surface area contributed by atoms with Gasteiger partial charge in [0, 0.05) is 31.2 Å². The van der Waals surface area contributed by atoms with E-state index in [1.54, 1.807) is 30.2 Å². The summed E-state index contributed by atoms with van der Waals surface area (Å²) in [5.41, 5.74) is 2.21. The maximum Gasteiger partial charge on any atom is 0.243 e. The van der Waals surface area contributed by atoms with Crippen LogP contribution in [0.1, 0.15) is 5.56 Å². The summed E-state index contributed by atoms with van der Waals surface area (Å²) in [5, 5.41) is 0.457. The molecule has 1 heterocycles. The molecule has 0 atom stereocenters. The van der Waals surface area contributed by atoms with Crippen LogP contribution in [-0.4, -0.2) is 65.3 Å². The van der Waals surface area contributed by atoms with Crippen molar-refractivity contribution in [3.8, 4) is 5.75 Å². The van der Waals surface area contributed by atoms with Crippen LogP contribution in [0, 0.1) is 6.92 Å². The van der Waals surface area contributed by atoms with Gasteiger partial charge in [-0.1, -0.05) is 29.8 Å². The van der Waals surface area contributed by atoms with E-state index in [-0.39, 0.29) is 12.5 Å². The second kappa shape index (κ2) is 9.14. The van der Waals surface area contributed by atoms with Gasteiger partial charge in [0.05, 0.1) is 24.7 Å². The number of rotatable bonds is 6. The van der Waals surface area contributed by atoms with Crippen molar-refractivity contribution in [3.05, 3.63) is 53.1 Å². The van der Waals surface area contributed by atoms with E-state index in [1.807, 2.05) is 31.2 Å². The maximum atomic E-state index is 12.9. The summed E-state index contributed by atoms with van der Waals surface area (Å²) in [6.07, 6.45) is 1.09. The summed E-state index contributed by atoms with van der Waals surface area (Å²) in [7, 11) is -2.01. The van der Waals surface area contributed by atoms with Crippen LogP contribution in [0.5, 0.6) is 5.75 Å². The summed E-state index contributed by atoms with van der Waals surface area (Å²) in [5.74, 6) is 0.550. The predicted molar refractivity (Wildman–Crippen MR) is 120 cm³/mol. The number of halogens is 1. The molecule has 1 amide bonds. The maximum absolute atomic E-state index is 12.9. The number of benzene rings is 2. The van der Waals surface area contributed by atoms with E-state index in [2.05, 4.69) is 4.90 Å². The zero-order chi connectivity index (χ0) is 21.9. The Morgan fingerprint density at radius 1 is 1.13 bits per heavy atom. The molecule has 0 N–H and O–H groups in total. The van der Waals surface area contributed by atoms with Crippen molar-refractivity contribution < 1.29 is 17.9 Å². The zero-order valence-electron chi connectivity index (χ0n) is 17.3. The van der Waals surface area contributed by atoms with Crippen LogP contribution in [-0.2, 0) is 14.8 Å². The number of sulfonamides is 1. The number of piperazine rings is 1. The lowest BCUT2D eigenvalue weighted by atomic mass is 10.2. The zero-order valence-corrected chi connectivity index (χ0v) is 18.9. The molecule has 1 aliphatic rings. The first-order valence-electron chi connectivity index (χ1n) is 9.60. The molecule has 0 spiro atoms. The Kier molecular flexibility index (Phi) is 6.77. The number of nitrogens with zero attached hydrogens (tertiary/aromatic N) is 3. The second-order valence-corrected chi connectivity index (χ2v) is 9.56. The fraction of sp³-hybridized carbons (Fsp3) is 0.381. The third-order valence-corrected chi connectivity index (χ3v) is 6.73. The van der Waals surface area contributed by atoms with Crippen LogP contribution in [0.3, 0.4) is 0 Å². The molecule has 2 aromatic carbocycles. The van der Waals surface area contributed by atoms with Crippen molar-refractivity contribution in [3.63, 3.8) is 0 Å². The van der Waals surface area contributed by atoms with Crippen LogP contribution >= 0.6 is 11.6 Å². The van der Waals surface area contributed by atoms with Crippen LogP contribution in [0.4, 0.5) is 11.4 Å². The molecule has 0 unspecified atom stereocenters. The average molecular weight is 452 g/mol. The van der Waals surface area contributed by atoms with E-state index in [0.717, 1.165) is 27.6 Å². The first-order valence-corrected chi connectivity index (χ1v) is 11.8. The van der Waals surface area contributed by atoms with Gasteiger partial charge in [-0.2, -0.15) is 0 Å². The topological polar surface area (TPSA) is 70.2 Å². The number of anilines is 2. The van der Waals surface area contributed by atoms with E-state index in [1.165, 1.54) is 0 Å². The Bertz CT molecular complexity index is 1020. The molecule has 7 nitrogen and oxygen atoms in total. The molecule has 0 radical (unpaired) electrons. The van der Waals surface area contributed by atoms with Crippen LogP contribution in [0.25, 0.3) is 0 Å². The molecule has 162 valence electrons. The predicted octanol–water partition coefficient (Wildman–Crippen LogP) is 2.77. The number of methoxy groups -OCH3 is 1. The summed E-state index contributed by atoms with van der Waals surface area (Å²) in [6, 6.07) is 12.7. The Morgan fingerprint density at radius 3 is 2.40 bits per heavy atom. The molecular weight excluding hydrogens is 426 g/mol. The van der Waals surface area contributed by atoms with Crippen molar-refractivity contribution in [2.75, 3.05) is 55.3 Å². The number of hydrogen-bond acceptors (Lipinski definition) is 5. The third-order valence-electron chi connectivity index (χ3n) is 5.18. The molecule has 1 fully saturated rings. The van der Waals surface area contributed by atoms with E-state index >= 15 is 0 Å². The van der Waals surface area contributed by atoms with Crippen molar-refractivity contribution in [1.82, 2.24) is 4.90 Å². The lowest BCUT2D eigenvalue weighted by Crippen LogP contribution is -2.52. The number of aryl methyl sites for hydroxylation is 1. The Labute approximate surface area is 182 Å². The van der Waals surface area contributed by atoms with Gasteiger partial charge >= 0.3 is 0 Å². The number of ether oxygens (including phenoxy) is 1. The second-order valence-electron chi connectivity index (χ2n) is 7.24. The van der Waals surface area contributed by atoms with Gasteiger partial charge in [0.1, 0.15) is 12.3 Å². The number of carbonyl (C=O) groups is 1. The van der Waals surface area contributed by atoms with Gasteiger partial charge in [0.25, 0.3) is 0 Å². The molecule has 30 heavy (non-hydrogen) atoms. The van der Waals surface area contributed by atoms with Crippen molar-refractivity contribution >= 4 is 38.9 Å². The van der Waals surface area contributed by atoms with Crippen LogP contribution in [0.2, 0.25) is 5.02 Å². The Morgan fingerprint density at radius 2 is 1.80 bits per heavy atom. The first kappa shape index (κ1) is 22.2. The monoisotopic (exact) mass is 451 g/mol. The molecule has 0 saturated carbocycles. The molecule has 1 aliphatic heterocycles. The number of para-hydroxylation sites is 2. The van der Waals surface area contributed by atoms with E-state index in [4.69, 9.17) is 16.3 Å². The smallest absolute Gasteiger partial charge is 0.243 e. The van der Waals surface area contributed by atoms with Gasteiger partial charge < -0.3 is 14.5 Å². The lowest BCUT2D eigenvalue weighted by Gasteiger charge is -2.37. The van der Waals surface area contributed by atoms with Gasteiger partial charge in [0.2, 0.25) is 15.9 Å². The standard InChI is InChI=1S/C21H26ClN3O4S/c1-16-8-9-17(14-18(16)22)25(30(3,27)28)15-21(26)24-12-10-23(11-13-24)19-6-4-5-7-20(19)29-2/h4-9,14H,10-13,15H2,1-3H3. The summed E-state index contributed by atoms with van der Waals surface area (Å²) in [6.45, 7) is 3.87. The van der Waals surface area contributed by atoms with Gasteiger partial charge in [-0.15, -0.1) is 0 Å². The molecule has 0 bridgehead atoms. The van der Waals surface area contributed by atoms with E-state index in [9.17, 15) is 13.2 Å². The fourth-order valence-electron chi connectivity index (χ4n) is 3.45. The molecule has 0 aliphatic carbocycles. The molecular formula is C21H26ClN3O4S. The van der Waals surface area contributed by atoms with Crippen molar-refractivity contribution in [2.45, 2.75) is 6.92 Å². The summed E-state index contributed by atoms with van der Waals surface area (Å²) < 4.78 is 31.2.